The highest BCUT2D eigenvalue weighted by Crippen LogP contribution is 2.35. The van der Waals surface area contributed by atoms with Gasteiger partial charge in [-0.3, -0.25) is 19.3 Å². The molecule has 0 aromatic heterocycles. The van der Waals surface area contributed by atoms with E-state index in [0.717, 1.165) is 38.3 Å². The fraction of sp³-hybridized carbons (Fsp3) is 0.0556. The first-order chi connectivity index (χ1) is 20.4. The summed E-state index contributed by atoms with van der Waals surface area (Å²) in [7, 11) is 0. The number of carbonyl (C=O) groups is 4. The highest BCUT2D eigenvalue weighted by molar-refractivity contribution is 6.18. The van der Waals surface area contributed by atoms with Crippen molar-refractivity contribution in [2.75, 3.05) is 4.90 Å². The zero-order chi connectivity index (χ0) is 29.6. The fourth-order valence-electron chi connectivity index (χ4n) is 5.01. The lowest BCUT2D eigenvalue weighted by Crippen LogP contribution is -2.33. The van der Waals surface area contributed by atoms with Gasteiger partial charge < -0.3 is 4.74 Å². The summed E-state index contributed by atoms with van der Waals surface area (Å²) >= 11 is 0. The maximum Gasteiger partial charge on any atom is 0.344 e. The number of carbonyl (C=O) groups excluding carboxylic acids is 4. The van der Waals surface area contributed by atoms with Crippen molar-refractivity contribution in [3.8, 4) is 5.75 Å². The number of imide groups is 1. The molecule has 0 atom stereocenters. The summed E-state index contributed by atoms with van der Waals surface area (Å²) in [5.41, 5.74) is 1.68. The predicted molar refractivity (Wildman–Crippen MR) is 166 cm³/mol. The van der Waals surface area contributed by atoms with Gasteiger partial charge in [0.05, 0.1) is 11.3 Å². The summed E-state index contributed by atoms with van der Waals surface area (Å²) in [5, 5.41) is 5.18. The number of hydrogen-bond acceptors (Lipinski definition) is 5. The molecule has 0 fully saturated rings. The standard InChI is InChI=1S/C25H19NO4.C11H8O/c1-16(27)26(17(2)28)23-14-15-24(21-12-6-5-11-20(21)23)30-25(29)22-13-7-9-18-8-3-4-10-19(18)22;12-8-10-6-3-5-9-4-1-2-7-11(9)10/h3-15H,1-2H3;1-8H. The second-order valence-corrected chi connectivity index (χ2v) is 9.60. The van der Waals surface area contributed by atoms with Crippen molar-refractivity contribution in [1.82, 2.24) is 0 Å². The number of benzene rings is 6. The summed E-state index contributed by atoms with van der Waals surface area (Å²) in [6.07, 6.45) is 0.891. The van der Waals surface area contributed by atoms with Crippen LogP contribution in [0.1, 0.15) is 34.6 Å². The van der Waals surface area contributed by atoms with Crippen LogP contribution in [0.4, 0.5) is 5.69 Å². The van der Waals surface area contributed by atoms with Gasteiger partial charge in [0.2, 0.25) is 11.8 Å². The third-order valence-corrected chi connectivity index (χ3v) is 6.89. The van der Waals surface area contributed by atoms with Crippen molar-refractivity contribution in [2.24, 2.45) is 0 Å². The first kappa shape index (κ1) is 27.9. The second kappa shape index (κ2) is 12.3. The van der Waals surface area contributed by atoms with Crippen LogP contribution in [0.5, 0.6) is 5.75 Å². The lowest BCUT2D eigenvalue weighted by Gasteiger charge is -2.20. The molecule has 0 aliphatic rings. The van der Waals surface area contributed by atoms with Gasteiger partial charge in [0.25, 0.3) is 0 Å². The Hall–Kier alpha value is -5.62. The quantitative estimate of drug-likeness (QED) is 0.127. The molecule has 6 aromatic carbocycles. The van der Waals surface area contributed by atoms with Crippen molar-refractivity contribution < 1.29 is 23.9 Å². The molecule has 206 valence electrons. The molecule has 6 heteroatoms. The number of fused-ring (bicyclic) bond motifs is 3. The van der Waals surface area contributed by atoms with Gasteiger partial charge in [0.15, 0.2) is 6.29 Å². The molecule has 0 heterocycles. The Morgan fingerprint density at radius 1 is 0.571 bits per heavy atom. The van der Waals surface area contributed by atoms with Crippen LogP contribution in [0.15, 0.2) is 121 Å². The SMILES string of the molecule is CC(=O)N(C(C)=O)c1ccc(OC(=O)c2cccc3ccccc23)c2ccccc12.O=Cc1cccc2ccccc12. The van der Waals surface area contributed by atoms with Crippen LogP contribution in [-0.4, -0.2) is 24.1 Å². The smallest absolute Gasteiger partial charge is 0.344 e. The van der Waals surface area contributed by atoms with Crippen molar-refractivity contribution in [3.63, 3.8) is 0 Å². The maximum atomic E-state index is 13.0. The number of esters is 1. The normalized spacial score (nSPS) is 10.5. The zero-order valence-corrected chi connectivity index (χ0v) is 23.1. The van der Waals surface area contributed by atoms with Crippen LogP contribution in [0.2, 0.25) is 0 Å². The van der Waals surface area contributed by atoms with Crippen LogP contribution in [-0.2, 0) is 9.59 Å². The van der Waals surface area contributed by atoms with Crippen molar-refractivity contribution in [3.05, 3.63) is 132 Å². The fourth-order valence-corrected chi connectivity index (χ4v) is 5.01. The Balaban J connectivity index is 0.000000244. The number of aldehydes is 1. The molecule has 0 radical (unpaired) electrons. The Bertz CT molecular complexity index is 1950. The summed E-state index contributed by atoms with van der Waals surface area (Å²) in [6.45, 7) is 2.68. The number of amides is 2. The van der Waals surface area contributed by atoms with E-state index in [0.29, 0.717) is 27.8 Å². The Kier molecular flexibility index (Phi) is 8.16. The van der Waals surface area contributed by atoms with Crippen LogP contribution >= 0.6 is 0 Å². The van der Waals surface area contributed by atoms with Crippen molar-refractivity contribution in [2.45, 2.75) is 13.8 Å². The topological polar surface area (TPSA) is 80.8 Å². The molecule has 0 aliphatic heterocycles. The van der Waals surface area contributed by atoms with Gasteiger partial charge in [-0.25, -0.2) is 4.79 Å². The minimum atomic E-state index is -0.473. The van der Waals surface area contributed by atoms with E-state index >= 15 is 0 Å². The Labute approximate surface area is 242 Å². The van der Waals surface area contributed by atoms with E-state index in [1.54, 1.807) is 36.4 Å². The van der Waals surface area contributed by atoms with Gasteiger partial charge in [-0.15, -0.1) is 0 Å². The van der Waals surface area contributed by atoms with Gasteiger partial charge in [-0.2, -0.15) is 0 Å². The number of ether oxygens (including phenoxy) is 1. The molecule has 0 saturated heterocycles. The van der Waals surface area contributed by atoms with Gasteiger partial charge >= 0.3 is 5.97 Å². The van der Waals surface area contributed by atoms with Crippen molar-refractivity contribution >= 4 is 62.1 Å². The second-order valence-electron chi connectivity index (χ2n) is 9.60. The number of nitrogens with zero attached hydrogens (tertiary/aromatic N) is 1. The molecular formula is C36H27NO5. The Morgan fingerprint density at radius 2 is 1.10 bits per heavy atom. The maximum absolute atomic E-state index is 13.0. The molecule has 0 saturated carbocycles. The number of anilines is 1. The van der Waals surface area contributed by atoms with E-state index < -0.39 is 5.97 Å². The Morgan fingerprint density at radius 3 is 1.74 bits per heavy atom. The average molecular weight is 554 g/mol. The van der Waals surface area contributed by atoms with E-state index in [2.05, 4.69) is 0 Å². The lowest BCUT2D eigenvalue weighted by atomic mass is 10.0. The molecule has 0 bridgehead atoms. The third kappa shape index (κ3) is 5.64. The number of hydrogen-bond donors (Lipinski definition) is 0. The number of rotatable bonds is 4. The van der Waals surface area contributed by atoms with Gasteiger partial charge in [-0.05, 0) is 39.7 Å². The summed E-state index contributed by atoms with van der Waals surface area (Å²) in [6, 6.07) is 37.1. The van der Waals surface area contributed by atoms with Gasteiger partial charge in [-0.1, -0.05) is 103 Å². The lowest BCUT2D eigenvalue weighted by molar-refractivity contribution is -0.124. The van der Waals surface area contributed by atoms with Crippen LogP contribution in [0.3, 0.4) is 0 Å². The molecular weight excluding hydrogens is 526 g/mol. The van der Waals surface area contributed by atoms with Crippen LogP contribution < -0.4 is 9.64 Å². The molecule has 0 spiro atoms. The third-order valence-electron chi connectivity index (χ3n) is 6.89. The molecule has 42 heavy (non-hydrogen) atoms. The zero-order valence-electron chi connectivity index (χ0n) is 23.1. The van der Waals surface area contributed by atoms with E-state index in [9.17, 15) is 19.2 Å². The molecule has 0 N–H and O–H groups in total. The summed E-state index contributed by atoms with van der Waals surface area (Å²) < 4.78 is 5.75. The largest absolute Gasteiger partial charge is 0.422 e. The minimum Gasteiger partial charge on any atom is -0.422 e. The summed E-state index contributed by atoms with van der Waals surface area (Å²) in [4.78, 5) is 48.7. The molecule has 2 amide bonds. The van der Waals surface area contributed by atoms with E-state index in [1.807, 2.05) is 84.9 Å². The molecule has 0 aliphatic carbocycles. The predicted octanol–water partition coefficient (Wildman–Crippen LogP) is 7.76. The van der Waals surface area contributed by atoms with E-state index in [4.69, 9.17) is 4.74 Å². The van der Waals surface area contributed by atoms with Gasteiger partial charge in [0.1, 0.15) is 5.75 Å². The van der Waals surface area contributed by atoms with Crippen LogP contribution in [0.25, 0.3) is 32.3 Å². The van der Waals surface area contributed by atoms with Crippen LogP contribution in [0, 0.1) is 0 Å². The first-order valence-electron chi connectivity index (χ1n) is 13.3. The molecule has 0 unspecified atom stereocenters. The highest BCUT2D eigenvalue weighted by atomic mass is 16.5. The highest BCUT2D eigenvalue weighted by Gasteiger charge is 2.21. The molecule has 6 aromatic rings. The first-order valence-corrected chi connectivity index (χ1v) is 13.3. The monoisotopic (exact) mass is 553 g/mol. The minimum absolute atomic E-state index is 0.360. The molecule has 6 nitrogen and oxygen atoms in total. The molecule has 6 rings (SSSR count). The average Bonchev–Trinajstić information content (AvgIpc) is 3.01. The van der Waals surface area contributed by atoms with Crippen molar-refractivity contribution in [1.29, 1.82) is 0 Å². The van der Waals surface area contributed by atoms with E-state index in [-0.39, 0.29) is 11.8 Å². The summed E-state index contributed by atoms with van der Waals surface area (Å²) in [5.74, 6) is -0.875. The van der Waals surface area contributed by atoms with E-state index in [1.165, 1.54) is 13.8 Å². The van der Waals surface area contributed by atoms with Gasteiger partial charge in [0, 0.05) is 30.2 Å².